The summed E-state index contributed by atoms with van der Waals surface area (Å²) < 4.78 is 13.0. The number of nitro groups is 1. The molecular formula is C24H18N6O4S. The molecule has 35 heavy (non-hydrogen) atoms. The molecule has 2 aromatic heterocycles. The molecule has 10 nitrogen and oxygen atoms in total. The van der Waals surface area contributed by atoms with Gasteiger partial charge in [-0.15, -0.1) is 20.4 Å². The lowest BCUT2D eigenvalue weighted by molar-refractivity contribution is -0.384. The maximum atomic E-state index is 10.9. The van der Waals surface area contributed by atoms with Crippen LogP contribution in [0.15, 0.2) is 88.4 Å². The van der Waals surface area contributed by atoms with Gasteiger partial charge in [0.15, 0.2) is 11.0 Å². The predicted molar refractivity (Wildman–Crippen MR) is 129 cm³/mol. The van der Waals surface area contributed by atoms with Gasteiger partial charge in [0.25, 0.3) is 5.69 Å². The fraction of sp³-hybridized carbons (Fsp3) is 0.0833. The third-order valence-corrected chi connectivity index (χ3v) is 6.03. The number of aromatic nitrogens is 5. The van der Waals surface area contributed by atoms with E-state index in [0.29, 0.717) is 34.1 Å². The fourth-order valence-corrected chi connectivity index (χ4v) is 4.17. The number of rotatable bonds is 8. The van der Waals surface area contributed by atoms with Crippen molar-refractivity contribution in [1.82, 2.24) is 25.0 Å². The molecule has 5 aromatic rings. The summed E-state index contributed by atoms with van der Waals surface area (Å²) in [7, 11) is 1.63. The molecule has 3 aromatic carbocycles. The molecule has 0 N–H and O–H groups in total. The molecule has 0 unspecified atom stereocenters. The maximum Gasteiger partial charge on any atom is 0.269 e. The molecule has 0 spiro atoms. The summed E-state index contributed by atoms with van der Waals surface area (Å²) >= 11 is 1.41. The van der Waals surface area contributed by atoms with Crippen LogP contribution in [0.2, 0.25) is 0 Å². The molecule has 0 saturated heterocycles. The Kier molecular flexibility index (Phi) is 6.22. The maximum absolute atomic E-state index is 10.9. The highest BCUT2D eigenvalue weighted by Crippen LogP contribution is 2.31. The fourth-order valence-electron chi connectivity index (χ4n) is 3.38. The van der Waals surface area contributed by atoms with Crippen molar-refractivity contribution in [3.8, 4) is 34.3 Å². The lowest BCUT2D eigenvalue weighted by atomic mass is 10.2. The standard InChI is InChI=1S/C24H18N6O4S/c1-33-20-13-9-16(10-14-20)22-26-28-24(29(22)18-5-3-2-4-6-18)35-15-21-25-27-23(34-21)17-7-11-19(12-8-17)30(31)32/h2-14H,15H2,1H3. The minimum absolute atomic E-state index is 0.00282. The van der Waals surface area contributed by atoms with Crippen molar-refractivity contribution in [1.29, 1.82) is 0 Å². The first-order chi connectivity index (χ1) is 17.1. The quantitative estimate of drug-likeness (QED) is 0.165. The number of nitrogens with zero attached hydrogens (tertiary/aromatic N) is 6. The zero-order valence-corrected chi connectivity index (χ0v) is 19.3. The highest BCUT2D eigenvalue weighted by molar-refractivity contribution is 7.98. The minimum atomic E-state index is -0.456. The first kappa shape index (κ1) is 22.3. The topological polar surface area (TPSA) is 122 Å². The molecule has 0 atom stereocenters. The van der Waals surface area contributed by atoms with Crippen LogP contribution >= 0.6 is 11.8 Å². The highest BCUT2D eigenvalue weighted by Gasteiger charge is 2.18. The number of nitro benzene ring substituents is 1. The predicted octanol–water partition coefficient (Wildman–Crippen LogP) is 5.19. The summed E-state index contributed by atoms with van der Waals surface area (Å²) in [5.41, 5.74) is 2.42. The Morgan fingerprint density at radius 2 is 1.63 bits per heavy atom. The Hall–Kier alpha value is -4.51. The van der Waals surface area contributed by atoms with Gasteiger partial charge in [0, 0.05) is 28.9 Å². The number of hydrogen-bond donors (Lipinski definition) is 0. The first-order valence-corrected chi connectivity index (χ1v) is 11.5. The van der Waals surface area contributed by atoms with Crippen molar-refractivity contribution < 1.29 is 14.1 Å². The van der Waals surface area contributed by atoms with Crippen molar-refractivity contribution in [2.24, 2.45) is 0 Å². The van der Waals surface area contributed by atoms with Crippen LogP contribution in [0.1, 0.15) is 5.89 Å². The third-order valence-electron chi connectivity index (χ3n) is 5.11. The average Bonchev–Trinajstić information content (AvgIpc) is 3.55. The number of benzene rings is 3. The zero-order chi connectivity index (χ0) is 24.2. The molecule has 5 rings (SSSR count). The normalized spacial score (nSPS) is 10.9. The van der Waals surface area contributed by atoms with Gasteiger partial charge in [0.05, 0.1) is 17.8 Å². The Morgan fingerprint density at radius 3 is 2.31 bits per heavy atom. The average molecular weight is 487 g/mol. The number of non-ortho nitro benzene ring substituents is 1. The summed E-state index contributed by atoms with van der Waals surface area (Å²) in [6.07, 6.45) is 0. The first-order valence-electron chi connectivity index (χ1n) is 10.5. The summed E-state index contributed by atoms with van der Waals surface area (Å²) in [5, 5.41) is 28.5. The molecule has 0 bridgehead atoms. The molecule has 0 aliphatic carbocycles. The molecule has 11 heteroatoms. The van der Waals surface area contributed by atoms with E-state index in [-0.39, 0.29) is 5.69 Å². The summed E-state index contributed by atoms with van der Waals surface area (Å²) in [5.74, 6) is 2.51. The van der Waals surface area contributed by atoms with Gasteiger partial charge in [0.2, 0.25) is 11.8 Å². The second-order valence-corrected chi connectivity index (χ2v) is 8.24. The van der Waals surface area contributed by atoms with Crippen molar-refractivity contribution >= 4 is 17.4 Å². The minimum Gasteiger partial charge on any atom is -0.497 e. The van der Waals surface area contributed by atoms with E-state index >= 15 is 0 Å². The lowest BCUT2D eigenvalue weighted by Crippen LogP contribution is -1.99. The van der Waals surface area contributed by atoms with E-state index in [0.717, 1.165) is 17.0 Å². The highest BCUT2D eigenvalue weighted by atomic mass is 32.2. The Labute approximate surface area is 203 Å². The Balaban J connectivity index is 1.40. The number of ether oxygens (including phenoxy) is 1. The molecule has 0 radical (unpaired) electrons. The van der Waals surface area contributed by atoms with E-state index in [1.165, 1.54) is 23.9 Å². The van der Waals surface area contributed by atoms with Crippen molar-refractivity contribution in [3.63, 3.8) is 0 Å². The van der Waals surface area contributed by atoms with Crippen LogP contribution in [0, 0.1) is 10.1 Å². The molecule has 0 aliphatic rings. The largest absolute Gasteiger partial charge is 0.497 e. The van der Waals surface area contributed by atoms with Crippen molar-refractivity contribution in [2.75, 3.05) is 7.11 Å². The van der Waals surface area contributed by atoms with Crippen LogP contribution in [0.5, 0.6) is 5.75 Å². The van der Waals surface area contributed by atoms with Crippen LogP contribution in [-0.4, -0.2) is 37.0 Å². The van der Waals surface area contributed by atoms with Gasteiger partial charge in [-0.2, -0.15) is 0 Å². The van der Waals surface area contributed by atoms with Crippen LogP contribution in [-0.2, 0) is 5.75 Å². The smallest absolute Gasteiger partial charge is 0.269 e. The van der Waals surface area contributed by atoms with Crippen LogP contribution in [0.3, 0.4) is 0 Å². The lowest BCUT2D eigenvalue weighted by Gasteiger charge is -2.10. The summed E-state index contributed by atoms with van der Waals surface area (Å²) in [4.78, 5) is 10.4. The second-order valence-electron chi connectivity index (χ2n) is 7.30. The van der Waals surface area contributed by atoms with Gasteiger partial charge in [-0.05, 0) is 48.5 Å². The number of thioether (sulfide) groups is 1. The summed E-state index contributed by atoms with van der Waals surface area (Å²) in [6.45, 7) is 0. The van der Waals surface area contributed by atoms with E-state index in [9.17, 15) is 10.1 Å². The third kappa shape index (κ3) is 4.75. The van der Waals surface area contributed by atoms with Crippen LogP contribution < -0.4 is 4.74 Å². The Morgan fingerprint density at radius 1 is 0.914 bits per heavy atom. The monoisotopic (exact) mass is 486 g/mol. The van der Waals surface area contributed by atoms with E-state index in [4.69, 9.17) is 9.15 Å². The Bertz CT molecular complexity index is 1450. The molecule has 174 valence electrons. The molecule has 0 fully saturated rings. The molecule has 2 heterocycles. The van der Waals surface area contributed by atoms with E-state index in [1.54, 1.807) is 19.2 Å². The van der Waals surface area contributed by atoms with Gasteiger partial charge in [-0.3, -0.25) is 14.7 Å². The number of methoxy groups -OCH3 is 1. The molecule has 0 amide bonds. The van der Waals surface area contributed by atoms with Crippen molar-refractivity contribution in [3.05, 3.63) is 94.9 Å². The van der Waals surface area contributed by atoms with E-state index in [2.05, 4.69) is 20.4 Å². The van der Waals surface area contributed by atoms with Crippen molar-refractivity contribution in [2.45, 2.75) is 10.9 Å². The van der Waals surface area contributed by atoms with E-state index < -0.39 is 4.92 Å². The second kappa shape index (κ2) is 9.77. The van der Waals surface area contributed by atoms with Crippen LogP contribution in [0.25, 0.3) is 28.5 Å². The van der Waals surface area contributed by atoms with Gasteiger partial charge >= 0.3 is 0 Å². The van der Waals surface area contributed by atoms with Gasteiger partial charge in [0.1, 0.15) is 5.75 Å². The SMILES string of the molecule is COc1ccc(-c2nnc(SCc3nnc(-c4ccc([N+](=O)[O-])cc4)o3)n2-c2ccccc2)cc1. The number of hydrogen-bond acceptors (Lipinski definition) is 9. The van der Waals surface area contributed by atoms with Crippen LogP contribution in [0.4, 0.5) is 5.69 Å². The van der Waals surface area contributed by atoms with Gasteiger partial charge < -0.3 is 9.15 Å². The molecular weight excluding hydrogens is 468 g/mol. The van der Waals surface area contributed by atoms with Gasteiger partial charge in [-0.25, -0.2) is 0 Å². The zero-order valence-electron chi connectivity index (χ0n) is 18.4. The molecule has 0 aliphatic heterocycles. The number of para-hydroxylation sites is 1. The molecule has 0 saturated carbocycles. The van der Waals surface area contributed by atoms with Gasteiger partial charge in [-0.1, -0.05) is 30.0 Å². The summed E-state index contributed by atoms with van der Waals surface area (Å²) in [6, 6.07) is 23.4. The van der Waals surface area contributed by atoms with E-state index in [1.807, 2.05) is 59.2 Å².